The van der Waals surface area contributed by atoms with Crippen molar-refractivity contribution in [3.05, 3.63) is 30.1 Å². The van der Waals surface area contributed by atoms with E-state index in [1.807, 2.05) is 18.2 Å². The molecule has 1 fully saturated rings. The Labute approximate surface area is 92.9 Å². The number of aliphatic carboxylic acids is 1. The van der Waals surface area contributed by atoms with Crippen molar-refractivity contribution >= 4 is 17.7 Å². The first-order valence-corrected chi connectivity index (χ1v) is 6.03. The highest BCUT2D eigenvalue weighted by Crippen LogP contribution is 2.44. The van der Waals surface area contributed by atoms with Crippen LogP contribution in [0.2, 0.25) is 0 Å². The third-order valence-corrected chi connectivity index (χ3v) is 4.27. The van der Waals surface area contributed by atoms with Gasteiger partial charge in [0.15, 0.2) is 4.75 Å². The van der Waals surface area contributed by atoms with Crippen LogP contribution in [0.4, 0.5) is 0 Å². The molecule has 4 heteroatoms. The minimum Gasteiger partial charge on any atom is -0.480 e. The summed E-state index contributed by atoms with van der Waals surface area (Å²) in [4.78, 5) is 15.6. The second-order valence-corrected chi connectivity index (χ2v) is 5.05. The van der Waals surface area contributed by atoms with Gasteiger partial charge in [-0.2, -0.15) is 0 Å². The van der Waals surface area contributed by atoms with Crippen molar-refractivity contribution < 1.29 is 9.90 Å². The molecule has 2 heterocycles. The molecule has 1 saturated heterocycles. The monoisotopic (exact) mass is 223 g/mol. The Morgan fingerprint density at radius 2 is 2.33 bits per heavy atom. The van der Waals surface area contributed by atoms with E-state index < -0.39 is 10.7 Å². The maximum absolute atomic E-state index is 11.4. The van der Waals surface area contributed by atoms with Crippen molar-refractivity contribution in [3.63, 3.8) is 0 Å². The summed E-state index contributed by atoms with van der Waals surface area (Å²) in [6.07, 6.45) is 4.42. The lowest BCUT2D eigenvalue weighted by Gasteiger charge is -2.31. The Hall–Kier alpha value is -1.03. The topological polar surface area (TPSA) is 50.2 Å². The minimum atomic E-state index is -0.806. The van der Waals surface area contributed by atoms with Gasteiger partial charge in [-0.25, -0.2) is 0 Å². The number of hydrogen-bond donors (Lipinski definition) is 1. The summed E-state index contributed by atoms with van der Waals surface area (Å²) in [6, 6.07) is 5.47. The second-order valence-electron chi connectivity index (χ2n) is 3.65. The molecule has 1 aromatic rings. The Morgan fingerprint density at radius 3 is 2.87 bits per heavy atom. The normalized spacial score (nSPS) is 26.1. The number of aromatic nitrogens is 1. The average Bonchev–Trinajstić information content (AvgIpc) is 2.31. The van der Waals surface area contributed by atoms with Crippen LogP contribution in [-0.4, -0.2) is 21.8 Å². The van der Waals surface area contributed by atoms with Crippen LogP contribution in [0.25, 0.3) is 0 Å². The van der Waals surface area contributed by atoms with E-state index in [1.165, 1.54) is 11.8 Å². The molecule has 0 aromatic carbocycles. The third-order valence-electron chi connectivity index (χ3n) is 2.70. The molecule has 2 rings (SSSR count). The fourth-order valence-corrected chi connectivity index (χ4v) is 3.25. The van der Waals surface area contributed by atoms with Gasteiger partial charge in [-0.1, -0.05) is 12.5 Å². The van der Waals surface area contributed by atoms with Crippen LogP contribution in [0.3, 0.4) is 0 Å². The lowest BCUT2D eigenvalue weighted by atomic mass is 9.96. The summed E-state index contributed by atoms with van der Waals surface area (Å²) in [5, 5.41) is 9.38. The van der Waals surface area contributed by atoms with Gasteiger partial charge in [0.25, 0.3) is 0 Å². The number of carboxylic acid groups (broad SMARTS) is 1. The van der Waals surface area contributed by atoms with E-state index in [0.717, 1.165) is 18.6 Å². The van der Waals surface area contributed by atoms with E-state index in [4.69, 9.17) is 0 Å². The highest BCUT2D eigenvalue weighted by molar-refractivity contribution is 8.01. The molecule has 1 aliphatic rings. The fraction of sp³-hybridized carbons (Fsp3) is 0.455. The smallest absolute Gasteiger partial charge is 0.325 e. The predicted molar refractivity (Wildman–Crippen MR) is 59.9 cm³/mol. The van der Waals surface area contributed by atoms with E-state index in [1.54, 1.807) is 6.20 Å². The number of nitrogens with zero attached hydrogens (tertiary/aromatic N) is 1. The van der Waals surface area contributed by atoms with Gasteiger partial charge in [-0.05, 0) is 30.7 Å². The molecule has 1 N–H and O–H groups in total. The van der Waals surface area contributed by atoms with Crippen molar-refractivity contribution in [1.82, 2.24) is 4.98 Å². The molecule has 0 spiro atoms. The van der Waals surface area contributed by atoms with Crippen LogP contribution < -0.4 is 0 Å². The molecule has 15 heavy (non-hydrogen) atoms. The van der Waals surface area contributed by atoms with Crippen LogP contribution in [0.5, 0.6) is 0 Å². The standard InChI is InChI=1S/C11H13NO2S/c13-10(14)11(6-2-4-8-15-11)9-5-1-3-7-12-9/h1,3,5,7H,2,4,6,8H2,(H,13,14)/t11-/m0/s1. The van der Waals surface area contributed by atoms with Crippen molar-refractivity contribution in [2.24, 2.45) is 0 Å². The van der Waals surface area contributed by atoms with Crippen LogP contribution in [0.1, 0.15) is 25.0 Å². The quantitative estimate of drug-likeness (QED) is 0.835. The Kier molecular flexibility index (Phi) is 2.95. The fourth-order valence-electron chi connectivity index (χ4n) is 1.88. The zero-order valence-corrected chi connectivity index (χ0v) is 9.17. The van der Waals surface area contributed by atoms with Gasteiger partial charge in [-0.3, -0.25) is 9.78 Å². The van der Waals surface area contributed by atoms with Gasteiger partial charge in [0.05, 0.1) is 5.69 Å². The first-order chi connectivity index (χ1) is 7.26. The average molecular weight is 223 g/mol. The van der Waals surface area contributed by atoms with Gasteiger partial charge >= 0.3 is 5.97 Å². The number of rotatable bonds is 2. The Morgan fingerprint density at radius 1 is 1.47 bits per heavy atom. The summed E-state index contributed by atoms with van der Waals surface area (Å²) in [5.41, 5.74) is 0.683. The maximum atomic E-state index is 11.4. The number of carboxylic acids is 1. The molecule has 1 atom stereocenters. The lowest BCUT2D eigenvalue weighted by molar-refractivity contribution is -0.140. The molecule has 0 amide bonds. The van der Waals surface area contributed by atoms with Crippen molar-refractivity contribution in [1.29, 1.82) is 0 Å². The zero-order chi connectivity index (χ0) is 10.7. The first-order valence-electron chi connectivity index (χ1n) is 5.04. The molecule has 0 saturated carbocycles. The molecule has 0 aliphatic carbocycles. The highest BCUT2D eigenvalue weighted by atomic mass is 32.2. The lowest BCUT2D eigenvalue weighted by Crippen LogP contribution is -2.35. The SMILES string of the molecule is O=C(O)[C@@]1(c2ccccn2)CCCCS1. The molecule has 0 unspecified atom stereocenters. The molecule has 0 bridgehead atoms. The van der Waals surface area contributed by atoms with E-state index in [-0.39, 0.29) is 0 Å². The molecule has 1 aliphatic heterocycles. The van der Waals surface area contributed by atoms with E-state index in [9.17, 15) is 9.90 Å². The summed E-state index contributed by atoms with van der Waals surface area (Å²) in [5.74, 6) is 0.147. The number of carbonyl (C=O) groups is 1. The van der Waals surface area contributed by atoms with Gasteiger partial charge < -0.3 is 5.11 Å². The van der Waals surface area contributed by atoms with E-state index in [0.29, 0.717) is 12.1 Å². The largest absolute Gasteiger partial charge is 0.480 e. The van der Waals surface area contributed by atoms with Gasteiger partial charge in [0.2, 0.25) is 0 Å². The number of hydrogen-bond acceptors (Lipinski definition) is 3. The summed E-state index contributed by atoms with van der Waals surface area (Å²) in [6.45, 7) is 0. The Bertz CT molecular complexity index is 347. The minimum absolute atomic E-state index is 0.683. The second kappa shape index (κ2) is 4.23. The third kappa shape index (κ3) is 1.86. The molecule has 0 radical (unpaired) electrons. The number of pyridine rings is 1. The Balaban J connectivity index is 2.38. The van der Waals surface area contributed by atoms with Crippen LogP contribution in [0, 0.1) is 0 Å². The molecule has 1 aromatic heterocycles. The van der Waals surface area contributed by atoms with E-state index >= 15 is 0 Å². The van der Waals surface area contributed by atoms with Gasteiger partial charge in [-0.15, -0.1) is 11.8 Å². The molecule has 3 nitrogen and oxygen atoms in total. The van der Waals surface area contributed by atoms with Crippen LogP contribution >= 0.6 is 11.8 Å². The van der Waals surface area contributed by atoms with Crippen molar-refractivity contribution in [2.75, 3.05) is 5.75 Å². The molecular formula is C11H13NO2S. The first kappa shape index (κ1) is 10.5. The molecule has 80 valence electrons. The van der Waals surface area contributed by atoms with E-state index in [2.05, 4.69) is 4.98 Å². The number of thioether (sulfide) groups is 1. The van der Waals surface area contributed by atoms with Crippen molar-refractivity contribution in [2.45, 2.75) is 24.0 Å². The zero-order valence-electron chi connectivity index (χ0n) is 8.35. The van der Waals surface area contributed by atoms with Gasteiger partial charge in [0.1, 0.15) is 0 Å². The van der Waals surface area contributed by atoms with Gasteiger partial charge in [0, 0.05) is 6.20 Å². The van der Waals surface area contributed by atoms with Crippen LogP contribution in [-0.2, 0) is 9.54 Å². The molecular weight excluding hydrogens is 210 g/mol. The van der Waals surface area contributed by atoms with Crippen LogP contribution in [0.15, 0.2) is 24.4 Å². The summed E-state index contributed by atoms with van der Waals surface area (Å²) >= 11 is 1.51. The van der Waals surface area contributed by atoms with Crippen molar-refractivity contribution in [3.8, 4) is 0 Å². The highest BCUT2D eigenvalue weighted by Gasteiger charge is 2.43. The predicted octanol–water partition coefficient (Wildman–Crippen LogP) is 2.28. The summed E-state index contributed by atoms with van der Waals surface area (Å²) in [7, 11) is 0. The summed E-state index contributed by atoms with van der Waals surface area (Å²) < 4.78 is -0.806. The maximum Gasteiger partial charge on any atom is 0.325 e.